The van der Waals surface area contributed by atoms with Gasteiger partial charge in [-0.3, -0.25) is 0 Å². The highest BCUT2D eigenvalue weighted by Crippen LogP contribution is 2.26. The van der Waals surface area contributed by atoms with Crippen LogP contribution in [0.1, 0.15) is 38.5 Å². The van der Waals surface area contributed by atoms with Crippen LogP contribution in [0.25, 0.3) is 5.69 Å². The molecule has 0 saturated carbocycles. The summed E-state index contributed by atoms with van der Waals surface area (Å²) in [5.41, 5.74) is 1.85. The highest BCUT2D eigenvalue weighted by molar-refractivity contribution is 5.32. The molecule has 0 amide bonds. The molecule has 0 aliphatic rings. The number of benzene rings is 1. The van der Waals surface area contributed by atoms with E-state index in [-0.39, 0.29) is 5.92 Å². The van der Waals surface area contributed by atoms with Gasteiger partial charge in [-0.15, -0.1) is 0 Å². The fraction of sp³-hybridized carbons (Fsp3) is 0.400. The van der Waals surface area contributed by atoms with E-state index in [1.54, 1.807) is 6.20 Å². The minimum atomic E-state index is -0.465. The predicted molar refractivity (Wildman–Crippen MR) is 72.6 cm³/mol. The highest BCUT2D eigenvalue weighted by Gasteiger charge is 2.20. The third kappa shape index (κ3) is 2.62. The van der Waals surface area contributed by atoms with E-state index in [2.05, 4.69) is 18.9 Å². The molecule has 0 spiro atoms. The fourth-order valence-electron chi connectivity index (χ4n) is 2.23. The van der Waals surface area contributed by atoms with Gasteiger partial charge in [0.05, 0.1) is 17.5 Å². The lowest BCUT2D eigenvalue weighted by Gasteiger charge is -2.19. The Morgan fingerprint density at radius 1 is 1.22 bits per heavy atom. The molecule has 0 aliphatic carbocycles. The first kappa shape index (κ1) is 12.8. The van der Waals surface area contributed by atoms with E-state index in [1.807, 2.05) is 41.1 Å². The van der Waals surface area contributed by atoms with Gasteiger partial charge < -0.3 is 5.11 Å². The van der Waals surface area contributed by atoms with Gasteiger partial charge in [-0.25, -0.2) is 4.68 Å². The molecule has 96 valence electrons. The average Bonchev–Trinajstić information content (AvgIpc) is 2.88. The summed E-state index contributed by atoms with van der Waals surface area (Å²) < 4.78 is 1.82. The van der Waals surface area contributed by atoms with Gasteiger partial charge in [-0.05, 0) is 30.5 Å². The van der Waals surface area contributed by atoms with E-state index in [0.717, 1.165) is 24.2 Å². The molecular weight excluding hydrogens is 224 g/mol. The Hall–Kier alpha value is -1.61. The van der Waals surface area contributed by atoms with Gasteiger partial charge in [0.2, 0.25) is 0 Å². The number of hydrogen-bond acceptors (Lipinski definition) is 2. The largest absolute Gasteiger partial charge is 0.387 e. The molecular formula is C15H20N2O. The Kier molecular flexibility index (Phi) is 4.15. The van der Waals surface area contributed by atoms with Gasteiger partial charge in [0.25, 0.3) is 0 Å². The standard InChI is InChI=1S/C15H20N2O/c1-3-7-12(2)15(18)14-10-11-16-17(14)13-8-5-4-6-9-13/h4-6,8-12,15,18H,3,7H2,1-2H3. The monoisotopic (exact) mass is 244 g/mol. The van der Waals surface area contributed by atoms with Crippen LogP contribution in [0, 0.1) is 5.92 Å². The van der Waals surface area contributed by atoms with Crippen LogP contribution in [-0.4, -0.2) is 14.9 Å². The second kappa shape index (κ2) is 5.83. The molecule has 3 nitrogen and oxygen atoms in total. The van der Waals surface area contributed by atoms with E-state index in [4.69, 9.17) is 0 Å². The van der Waals surface area contributed by atoms with E-state index >= 15 is 0 Å². The second-order valence-corrected chi connectivity index (χ2v) is 4.71. The van der Waals surface area contributed by atoms with Crippen molar-refractivity contribution in [1.82, 2.24) is 9.78 Å². The van der Waals surface area contributed by atoms with Gasteiger partial charge in [0.1, 0.15) is 0 Å². The van der Waals surface area contributed by atoms with E-state index in [1.165, 1.54) is 0 Å². The van der Waals surface area contributed by atoms with Gasteiger partial charge >= 0.3 is 0 Å². The fourth-order valence-corrected chi connectivity index (χ4v) is 2.23. The Morgan fingerprint density at radius 3 is 2.61 bits per heavy atom. The maximum Gasteiger partial charge on any atom is 0.0986 e. The summed E-state index contributed by atoms with van der Waals surface area (Å²) in [4.78, 5) is 0. The quantitative estimate of drug-likeness (QED) is 0.876. The third-order valence-corrected chi connectivity index (χ3v) is 3.26. The van der Waals surface area contributed by atoms with Crippen LogP contribution in [0.5, 0.6) is 0 Å². The van der Waals surface area contributed by atoms with E-state index in [9.17, 15) is 5.11 Å². The van der Waals surface area contributed by atoms with Crippen molar-refractivity contribution in [2.45, 2.75) is 32.8 Å². The number of rotatable bonds is 5. The lowest BCUT2D eigenvalue weighted by Crippen LogP contribution is -2.14. The van der Waals surface area contributed by atoms with Crippen LogP contribution < -0.4 is 0 Å². The first-order valence-corrected chi connectivity index (χ1v) is 6.51. The topological polar surface area (TPSA) is 38.1 Å². The summed E-state index contributed by atoms with van der Waals surface area (Å²) in [6.07, 6.45) is 3.37. The molecule has 0 bridgehead atoms. The summed E-state index contributed by atoms with van der Waals surface area (Å²) in [6.45, 7) is 4.22. The Balaban J connectivity index is 2.28. The summed E-state index contributed by atoms with van der Waals surface area (Å²) >= 11 is 0. The molecule has 1 N–H and O–H groups in total. The number of para-hydroxylation sites is 1. The SMILES string of the molecule is CCCC(C)C(O)c1ccnn1-c1ccccc1. The molecule has 1 aromatic heterocycles. The van der Waals surface area contributed by atoms with Crippen molar-refractivity contribution in [3.05, 3.63) is 48.3 Å². The molecule has 3 heteroatoms. The van der Waals surface area contributed by atoms with Crippen molar-refractivity contribution in [2.24, 2.45) is 5.92 Å². The number of aliphatic hydroxyl groups excluding tert-OH is 1. The zero-order valence-electron chi connectivity index (χ0n) is 11.0. The van der Waals surface area contributed by atoms with Crippen LogP contribution in [0.3, 0.4) is 0 Å². The van der Waals surface area contributed by atoms with Gasteiger partial charge in [0.15, 0.2) is 0 Å². The molecule has 1 aromatic carbocycles. The molecule has 0 saturated heterocycles. The molecule has 0 radical (unpaired) electrons. The predicted octanol–water partition coefficient (Wildman–Crippen LogP) is 3.34. The first-order chi connectivity index (χ1) is 8.74. The Bertz CT molecular complexity index is 478. The number of nitrogens with zero attached hydrogens (tertiary/aromatic N) is 2. The van der Waals surface area contributed by atoms with Crippen molar-refractivity contribution in [3.8, 4) is 5.69 Å². The maximum atomic E-state index is 10.4. The van der Waals surface area contributed by atoms with Crippen molar-refractivity contribution < 1.29 is 5.11 Å². The van der Waals surface area contributed by atoms with Crippen LogP contribution in [0.2, 0.25) is 0 Å². The molecule has 0 fully saturated rings. The lowest BCUT2D eigenvalue weighted by atomic mass is 9.97. The minimum Gasteiger partial charge on any atom is -0.387 e. The maximum absolute atomic E-state index is 10.4. The molecule has 2 rings (SSSR count). The van der Waals surface area contributed by atoms with Gasteiger partial charge in [-0.2, -0.15) is 5.10 Å². The molecule has 18 heavy (non-hydrogen) atoms. The Morgan fingerprint density at radius 2 is 1.94 bits per heavy atom. The van der Waals surface area contributed by atoms with Crippen molar-refractivity contribution in [3.63, 3.8) is 0 Å². The average molecular weight is 244 g/mol. The summed E-state index contributed by atoms with van der Waals surface area (Å²) in [6, 6.07) is 11.8. The second-order valence-electron chi connectivity index (χ2n) is 4.71. The number of aliphatic hydroxyl groups is 1. The number of aromatic nitrogens is 2. The third-order valence-electron chi connectivity index (χ3n) is 3.26. The smallest absolute Gasteiger partial charge is 0.0986 e. The zero-order chi connectivity index (χ0) is 13.0. The zero-order valence-corrected chi connectivity index (χ0v) is 11.0. The first-order valence-electron chi connectivity index (χ1n) is 6.51. The van der Waals surface area contributed by atoms with Crippen LogP contribution >= 0.6 is 0 Å². The lowest BCUT2D eigenvalue weighted by molar-refractivity contribution is 0.105. The van der Waals surface area contributed by atoms with Gasteiger partial charge in [-0.1, -0.05) is 38.5 Å². The summed E-state index contributed by atoms with van der Waals surface area (Å²) in [5, 5.41) is 14.7. The molecule has 2 aromatic rings. The van der Waals surface area contributed by atoms with E-state index < -0.39 is 6.10 Å². The van der Waals surface area contributed by atoms with Crippen molar-refractivity contribution in [2.75, 3.05) is 0 Å². The van der Waals surface area contributed by atoms with Crippen LogP contribution in [0.4, 0.5) is 0 Å². The van der Waals surface area contributed by atoms with Crippen molar-refractivity contribution in [1.29, 1.82) is 0 Å². The molecule has 1 heterocycles. The van der Waals surface area contributed by atoms with Crippen LogP contribution in [0.15, 0.2) is 42.6 Å². The summed E-state index contributed by atoms with van der Waals surface area (Å²) in [5.74, 6) is 0.245. The highest BCUT2D eigenvalue weighted by atomic mass is 16.3. The van der Waals surface area contributed by atoms with E-state index in [0.29, 0.717) is 0 Å². The molecule has 2 unspecified atom stereocenters. The Labute approximate surface area is 108 Å². The summed E-state index contributed by atoms with van der Waals surface area (Å²) in [7, 11) is 0. The normalized spacial score (nSPS) is 14.4. The minimum absolute atomic E-state index is 0.245. The molecule has 2 atom stereocenters. The molecule has 0 aliphatic heterocycles. The number of hydrogen-bond donors (Lipinski definition) is 1. The van der Waals surface area contributed by atoms with Gasteiger partial charge in [0, 0.05) is 6.20 Å². The van der Waals surface area contributed by atoms with Crippen LogP contribution in [-0.2, 0) is 0 Å². The van der Waals surface area contributed by atoms with Crippen molar-refractivity contribution >= 4 is 0 Å².